The Morgan fingerprint density at radius 1 is 1.00 bits per heavy atom. The van der Waals surface area contributed by atoms with Crippen molar-refractivity contribution in [2.75, 3.05) is 0 Å². The molecule has 23 heavy (non-hydrogen) atoms. The van der Waals surface area contributed by atoms with Crippen LogP contribution in [0, 0.1) is 0 Å². The monoisotopic (exact) mass is 325 g/mol. The molecule has 0 bridgehead atoms. The summed E-state index contributed by atoms with van der Waals surface area (Å²) in [5.41, 5.74) is 10.7. The Labute approximate surface area is 130 Å². The maximum absolute atomic E-state index is 12.5. The van der Waals surface area contributed by atoms with Gasteiger partial charge in [-0.1, -0.05) is 12.1 Å². The van der Waals surface area contributed by atoms with Crippen LogP contribution in [0.15, 0.2) is 47.8 Å². The van der Waals surface area contributed by atoms with E-state index in [1.54, 1.807) is 0 Å². The molecule has 1 aliphatic heterocycles. The van der Waals surface area contributed by atoms with E-state index >= 15 is 0 Å². The van der Waals surface area contributed by atoms with Crippen LogP contribution >= 0.6 is 0 Å². The van der Waals surface area contributed by atoms with E-state index in [0.29, 0.717) is 5.56 Å². The molecule has 0 radical (unpaired) electrons. The van der Waals surface area contributed by atoms with Crippen LogP contribution in [0.1, 0.15) is 17.5 Å². The van der Waals surface area contributed by atoms with Gasteiger partial charge in [-0.15, -0.1) is 0 Å². The third-order valence-electron chi connectivity index (χ3n) is 3.30. The van der Waals surface area contributed by atoms with Gasteiger partial charge in [0.25, 0.3) is 0 Å². The van der Waals surface area contributed by atoms with Crippen molar-refractivity contribution in [3.8, 4) is 0 Å². The van der Waals surface area contributed by atoms with Gasteiger partial charge in [-0.3, -0.25) is 9.59 Å². The second kappa shape index (κ2) is 6.15. The van der Waals surface area contributed by atoms with Gasteiger partial charge in [-0.25, -0.2) is 0 Å². The fraction of sp³-hybridized carbons (Fsp3) is 0.200. The van der Waals surface area contributed by atoms with E-state index in [1.807, 2.05) is 0 Å². The van der Waals surface area contributed by atoms with Gasteiger partial charge >= 0.3 is 6.18 Å². The van der Waals surface area contributed by atoms with Gasteiger partial charge in [0.2, 0.25) is 11.8 Å². The maximum atomic E-state index is 12.5. The lowest BCUT2D eigenvalue weighted by Crippen LogP contribution is -2.27. The number of rotatable bonds is 4. The Bertz CT molecular complexity index is 661. The molecule has 1 heterocycles. The number of carbonyl (C=O) groups excluding carboxylic acids is 2. The molecule has 1 aromatic carbocycles. The third-order valence-corrected chi connectivity index (χ3v) is 3.30. The zero-order valence-corrected chi connectivity index (χ0v) is 11.9. The molecule has 0 atom stereocenters. The summed E-state index contributed by atoms with van der Waals surface area (Å²) >= 11 is 0. The topological polar surface area (TPSA) is 89.4 Å². The first-order chi connectivity index (χ1) is 10.7. The van der Waals surface area contributed by atoms with Crippen LogP contribution < -0.4 is 11.5 Å². The predicted molar refractivity (Wildman–Crippen MR) is 76.2 cm³/mol. The first-order valence-corrected chi connectivity index (χ1v) is 6.59. The van der Waals surface area contributed by atoms with Crippen LogP contribution in [0.5, 0.6) is 0 Å². The minimum Gasteiger partial charge on any atom is -0.366 e. The molecule has 0 aliphatic carbocycles. The number of nitrogens with two attached hydrogens (primary N) is 2. The molecule has 2 rings (SSSR count). The molecule has 0 saturated carbocycles. The van der Waals surface area contributed by atoms with Gasteiger partial charge < -0.3 is 16.4 Å². The molecule has 0 spiro atoms. The van der Waals surface area contributed by atoms with Gasteiger partial charge in [0, 0.05) is 36.5 Å². The summed E-state index contributed by atoms with van der Waals surface area (Å²) in [7, 11) is 0. The summed E-state index contributed by atoms with van der Waals surface area (Å²) in [5.74, 6) is -1.37. The lowest BCUT2D eigenvalue weighted by atomic mass is 10.0. The number of primary amides is 2. The van der Waals surface area contributed by atoms with Crippen molar-refractivity contribution >= 4 is 11.8 Å². The smallest absolute Gasteiger partial charge is 0.366 e. The highest BCUT2D eigenvalue weighted by atomic mass is 19.4. The Morgan fingerprint density at radius 3 is 1.87 bits per heavy atom. The van der Waals surface area contributed by atoms with Crippen molar-refractivity contribution in [3.63, 3.8) is 0 Å². The highest BCUT2D eigenvalue weighted by Gasteiger charge is 2.30. The molecule has 5 nitrogen and oxygen atoms in total. The highest BCUT2D eigenvalue weighted by molar-refractivity contribution is 5.98. The van der Waals surface area contributed by atoms with Gasteiger partial charge in [-0.05, 0) is 17.7 Å². The summed E-state index contributed by atoms with van der Waals surface area (Å²) in [6.07, 6.45) is -1.46. The lowest BCUT2D eigenvalue weighted by Gasteiger charge is -2.23. The first-order valence-electron chi connectivity index (χ1n) is 6.59. The Hall–Kier alpha value is -2.77. The number of benzene rings is 1. The van der Waals surface area contributed by atoms with E-state index in [2.05, 4.69) is 0 Å². The van der Waals surface area contributed by atoms with Crippen molar-refractivity contribution < 1.29 is 22.8 Å². The maximum Gasteiger partial charge on any atom is 0.416 e. The van der Waals surface area contributed by atoms with Gasteiger partial charge in [0.1, 0.15) is 0 Å². The van der Waals surface area contributed by atoms with E-state index in [1.165, 1.54) is 29.4 Å². The molecule has 2 amide bonds. The number of halogens is 3. The second-order valence-corrected chi connectivity index (χ2v) is 5.08. The average Bonchev–Trinajstić information content (AvgIpc) is 2.46. The zero-order chi connectivity index (χ0) is 17.2. The van der Waals surface area contributed by atoms with Crippen molar-refractivity contribution in [1.29, 1.82) is 0 Å². The fourth-order valence-electron chi connectivity index (χ4n) is 2.14. The summed E-state index contributed by atoms with van der Waals surface area (Å²) in [6.45, 7) is 0.172. The van der Waals surface area contributed by atoms with Crippen molar-refractivity contribution in [2.24, 2.45) is 11.5 Å². The molecular formula is C15H14F3N3O2. The molecule has 1 aromatic rings. The first kappa shape index (κ1) is 16.6. The van der Waals surface area contributed by atoms with Gasteiger partial charge in [0.05, 0.1) is 5.56 Å². The van der Waals surface area contributed by atoms with Gasteiger partial charge in [-0.2, -0.15) is 13.2 Å². The molecule has 0 unspecified atom stereocenters. The van der Waals surface area contributed by atoms with Crippen LogP contribution in [0.4, 0.5) is 13.2 Å². The van der Waals surface area contributed by atoms with Crippen LogP contribution in [0.3, 0.4) is 0 Å². The SMILES string of the molecule is NC(=O)C1=CN(Cc2ccc(C(F)(F)F)cc2)C=C(C(N)=O)C1. The largest absolute Gasteiger partial charge is 0.416 e. The van der Waals surface area contributed by atoms with E-state index in [9.17, 15) is 22.8 Å². The number of carbonyl (C=O) groups is 2. The van der Waals surface area contributed by atoms with E-state index in [0.717, 1.165) is 12.1 Å². The molecule has 8 heteroatoms. The minimum absolute atomic E-state index is 0.0359. The summed E-state index contributed by atoms with van der Waals surface area (Å²) in [6, 6.07) is 4.59. The van der Waals surface area contributed by atoms with Crippen molar-refractivity contribution in [3.05, 3.63) is 58.9 Å². The van der Waals surface area contributed by atoms with Crippen LogP contribution in [0.25, 0.3) is 0 Å². The van der Waals surface area contributed by atoms with Crippen molar-refractivity contribution in [2.45, 2.75) is 19.1 Å². The molecule has 0 saturated heterocycles. The Morgan fingerprint density at radius 2 is 1.48 bits per heavy atom. The zero-order valence-electron chi connectivity index (χ0n) is 11.9. The van der Waals surface area contributed by atoms with Gasteiger partial charge in [0.15, 0.2) is 0 Å². The second-order valence-electron chi connectivity index (χ2n) is 5.08. The molecule has 0 fully saturated rings. The fourth-order valence-corrected chi connectivity index (χ4v) is 2.14. The van der Waals surface area contributed by atoms with Crippen LogP contribution in [-0.4, -0.2) is 16.7 Å². The quantitative estimate of drug-likeness (QED) is 0.882. The number of alkyl halides is 3. The molecule has 122 valence electrons. The predicted octanol–water partition coefficient (Wildman–Crippen LogP) is 1.65. The molecule has 4 N–H and O–H groups in total. The summed E-state index contributed by atoms with van der Waals surface area (Å²) in [4.78, 5) is 24.1. The average molecular weight is 325 g/mol. The van der Waals surface area contributed by atoms with Crippen molar-refractivity contribution in [1.82, 2.24) is 4.90 Å². The Balaban J connectivity index is 2.21. The third kappa shape index (κ3) is 4.12. The standard InChI is InChI=1S/C15H14F3N3O2/c16-15(17,18)12-3-1-9(2-4-12)6-21-7-10(13(19)22)5-11(8-21)14(20)23/h1-4,7-8H,5-6H2,(H2,19,22)(H2,20,23). The Kier molecular flexibility index (Phi) is 4.44. The van der Waals surface area contributed by atoms with E-state index in [4.69, 9.17) is 11.5 Å². The van der Waals surface area contributed by atoms with Crippen LogP contribution in [0.2, 0.25) is 0 Å². The molecule has 0 aromatic heterocycles. The normalized spacial score (nSPS) is 15.0. The lowest BCUT2D eigenvalue weighted by molar-refractivity contribution is -0.137. The number of hydrogen-bond acceptors (Lipinski definition) is 3. The molecular weight excluding hydrogens is 311 g/mol. The van der Waals surface area contributed by atoms with E-state index in [-0.39, 0.29) is 24.1 Å². The number of hydrogen-bond donors (Lipinski definition) is 2. The number of nitrogens with zero attached hydrogens (tertiary/aromatic N) is 1. The summed E-state index contributed by atoms with van der Waals surface area (Å²) < 4.78 is 37.6. The minimum atomic E-state index is -4.40. The van der Waals surface area contributed by atoms with Crippen LogP contribution in [-0.2, 0) is 22.3 Å². The summed E-state index contributed by atoms with van der Waals surface area (Å²) in [5, 5.41) is 0. The van der Waals surface area contributed by atoms with E-state index < -0.39 is 23.6 Å². The molecule has 1 aliphatic rings. The highest BCUT2D eigenvalue weighted by Crippen LogP contribution is 2.29. The number of amides is 2.